The number of hydrogen-bond donors (Lipinski definition) is 0. The van der Waals surface area contributed by atoms with Gasteiger partial charge in [-0.25, -0.2) is 9.59 Å². The number of benzene rings is 4. The molecule has 4 aromatic carbocycles. The number of rotatable bonds is 26. The van der Waals surface area contributed by atoms with Crippen LogP contribution in [0, 0.1) is 0 Å². The maximum Gasteiger partial charge on any atom is 0.343 e. The van der Waals surface area contributed by atoms with Crippen LogP contribution >= 0.6 is 0 Å². The molecule has 0 aliphatic rings. The van der Waals surface area contributed by atoms with Crippen LogP contribution in [-0.4, -0.2) is 36.7 Å². The summed E-state index contributed by atoms with van der Waals surface area (Å²) in [5.41, 5.74) is 0.768. The second kappa shape index (κ2) is 23.2. The molecule has 0 bridgehead atoms. The van der Waals surface area contributed by atoms with Gasteiger partial charge in [-0.05, 0) is 98.5 Å². The van der Waals surface area contributed by atoms with Crippen LogP contribution in [0.15, 0.2) is 110 Å². The van der Waals surface area contributed by atoms with Crippen LogP contribution in [0.1, 0.15) is 111 Å². The van der Waals surface area contributed by atoms with Gasteiger partial charge < -0.3 is 18.9 Å². The molecule has 0 N–H and O–H groups in total. The molecule has 8 nitrogen and oxygen atoms in total. The van der Waals surface area contributed by atoms with Crippen molar-refractivity contribution in [3.05, 3.63) is 121 Å². The molecule has 0 aliphatic heterocycles. The fraction of sp³-hybridized carbons (Fsp3) is 0.348. The summed E-state index contributed by atoms with van der Waals surface area (Å²) < 4.78 is 23.3. The largest absolute Gasteiger partial charge is 0.494 e. The summed E-state index contributed by atoms with van der Waals surface area (Å²) in [7, 11) is 0. The summed E-state index contributed by atoms with van der Waals surface area (Å²) in [6.07, 6.45) is 16.2. The molecule has 0 fully saturated rings. The summed E-state index contributed by atoms with van der Waals surface area (Å²) in [6.45, 7) is 8.18. The van der Waals surface area contributed by atoms with E-state index in [1.807, 2.05) is 24.3 Å². The number of allylic oxidation sites excluding steroid dienone is 2. The highest BCUT2D eigenvalue weighted by Gasteiger charge is 2.16. The molecule has 0 amide bonds. The average molecular weight is 733 g/mol. The molecule has 0 aromatic heterocycles. The summed E-state index contributed by atoms with van der Waals surface area (Å²) in [4.78, 5) is 48.7. The molecule has 0 atom stereocenters. The van der Waals surface area contributed by atoms with Gasteiger partial charge in [0.2, 0.25) is 0 Å². The molecular formula is C46H52O8. The Kier molecular flexibility index (Phi) is 17.7. The average Bonchev–Trinajstić information content (AvgIpc) is 3.20. The smallest absolute Gasteiger partial charge is 0.343 e. The number of ketones is 2. The van der Waals surface area contributed by atoms with Crippen LogP contribution in [0.2, 0.25) is 0 Å². The lowest BCUT2D eigenvalue weighted by atomic mass is 10.1. The maximum absolute atomic E-state index is 13.1. The van der Waals surface area contributed by atoms with E-state index >= 15 is 0 Å². The number of esters is 2. The summed E-state index contributed by atoms with van der Waals surface area (Å²) in [6, 6.07) is 24.3. The van der Waals surface area contributed by atoms with Gasteiger partial charge in [-0.3, -0.25) is 9.59 Å². The Morgan fingerprint density at radius 1 is 0.444 bits per heavy atom. The molecule has 0 saturated carbocycles. The van der Waals surface area contributed by atoms with Crippen LogP contribution in [0.25, 0.3) is 10.8 Å². The van der Waals surface area contributed by atoms with Crippen molar-refractivity contribution in [2.45, 2.75) is 89.9 Å². The van der Waals surface area contributed by atoms with Crippen LogP contribution in [0.5, 0.6) is 23.0 Å². The highest BCUT2D eigenvalue weighted by Crippen LogP contribution is 2.34. The zero-order chi connectivity index (χ0) is 38.4. The Morgan fingerprint density at radius 3 is 1.17 bits per heavy atom. The molecule has 0 spiro atoms. The predicted molar refractivity (Wildman–Crippen MR) is 213 cm³/mol. The van der Waals surface area contributed by atoms with Crippen molar-refractivity contribution in [3.8, 4) is 23.0 Å². The minimum absolute atomic E-state index is 0.109. The Morgan fingerprint density at radius 2 is 0.796 bits per heavy atom. The minimum Gasteiger partial charge on any atom is -0.494 e. The van der Waals surface area contributed by atoms with Crippen molar-refractivity contribution in [1.82, 2.24) is 0 Å². The first-order chi connectivity index (χ1) is 26.4. The van der Waals surface area contributed by atoms with Crippen molar-refractivity contribution < 1.29 is 38.1 Å². The van der Waals surface area contributed by atoms with E-state index in [9.17, 15) is 19.2 Å². The predicted octanol–water partition coefficient (Wildman–Crippen LogP) is 11.0. The van der Waals surface area contributed by atoms with E-state index in [0.29, 0.717) is 71.0 Å². The molecule has 0 radical (unpaired) electrons. The fourth-order valence-electron chi connectivity index (χ4n) is 5.91. The highest BCUT2D eigenvalue weighted by atomic mass is 16.5. The van der Waals surface area contributed by atoms with Gasteiger partial charge in [0.25, 0.3) is 0 Å². The lowest BCUT2D eigenvalue weighted by Gasteiger charge is -2.12. The molecule has 8 heteroatoms. The third kappa shape index (κ3) is 14.1. The molecular weight excluding hydrogens is 680 g/mol. The lowest BCUT2D eigenvalue weighted by Crippen LogP contribution is -2.10. The number of carbonyl (C=O) groups is 4. The second-order valence-electron chi connectivity index (χ2n) is 13.2. The Balaban J connectivity index is 1.20. The maximum atomic E-state index is 13.1. The van der Waals surface area contributed by atoms with Gasteiger partial charge in [0.05, 0.1) is 24.3 Å². The molecule has 284 valence electrons. The zero-order valence-electron chi connectivity index (χ0n) is 31.2. The van der Waals surface area contributed by atoms with Crippen molar-refractivity contribution >= 4 is 34.3 Å². The molecule has 0 aliphatic carbocycles. The third-order valence-corrected chi connectivity index (χ3v) is 9.06. The van der Waals surface area contributed by atoms with Gasteiger partial charge in [-0.15, -0.1) is 0 Å². The first-order valence-corrected chi connectivity index (χ1v) is 19.1. The van der Waals surface area contributed by atoms with Gasteiger partial charge in [0.1, 0.15) is 23.0 Å². The van der Waals surface area contributed by atoms with Crippen LogP contribution < -0.4 is 18.9 Å². The topological polar surface area (TPSA) is 105 Å². The molecule has 54 heavy (non-hydrogen) atoms. The molecule has 0 heterocycles. The van der Waals surface area contributed by atoms with Gasteiger partial charge in [-0.2, -0.15) is 0 Å². The number of ether oxygens (including phenoxy) is 4. The number of hydrogen-bond acceptors (Lipinski definition) is 8. The van der Waals surface area contributed by atoms with E-state index in [4.69, 9.17) is 18.9 Å². The van der Waals surface area contributed by atoms with E-state index in [0.717, 1.165) is 77.0 Å². The quantitative estimate of drug-likeness (QED) is 0.0272. The molecule has 4 rings (SSSR count). The third-order valence-electron chi connectivity index (χ3n) is 9.06. The van der Waals surface area contributed by atoms with Crippen molar-refractivity contribution in [3.63, 3.8) is 0 Å². The Bertz CT molecular complexity index is 1690. The summed E-state index contributed by atoms with van der Waals surface area (Å²) in [5, 5.41) is 1.26. The van der Waals surface area contributed by atoms with Crippen LogP contribution in [-0.2, 0) is 9.59 Å². The Hall–Kier alpha value is -5.50. The van der Waals surface area contributed by atoms with Gasteiger partial charge >= 0.3 is 11.9 Å². The molecule has 0 unspecified atom stereocenters. The van der Waals surface area contributed by atoms with Crippen LogP contribution in [0.3, 0.4) is 0 Å². The summed E-state index contributed by atoms with van der Waals surface area (Å²) in [5.74, 6) is 1.26. The van der Waals surface area contributed by atoms with E-state index in [-0.39, 0.29) is 11.6 Å². The lowest BCUT2D eigenvalue weighted by molar-refractivity contribution is -0.115. The molecule has 0 saturated heterocycles. The SMILES string of the molecule is C=CC(=O)CCCCCCCCOc1ccc(C(=O)Oc2ccc(OC(=O)c3ccc(OCCCCCCCCC(=O)C=C)cc3)c3ccccc23)cc1. The van der Waals surface area contributed by atoms with E-state index in [1.165, 1.54) is 12.2 Å². The van der Waals surface area contributed by atoms with Gasteiger partial charge in [-0.1, -0.05) is 88.8 Å². The van der Waals surface area contributed by atoms with Gasteiger partial charge in [0, 0.05) is 23.6 Å². The minimum atomic E-state index is -0.512. The first kappa shape index (κ1) is 41.3. The van der Waals surface area contributed by atoms with Crippen molar-refractivity contribution in [2.24, 2.45) is 0 Å². The second-order valence-corrected chi connectivity index (χ2v) is 13.2. The Labute approximate surface area is 319 Å². The van der Waals surface area contributed by atoms with Crippen LogP contribution in [0.4, 0.5) is 0 Å². The van der Waals surface area contributed by atoms with Gasteiger partial charge in [0.15, 0.2) is 11.6 Å². The highest BCUT2D eigenvalue weighted by molar-refractivity contribution is 6.00. The standard InChI is InChI=1S/C46H52O8/c1-3-37(47)19-13-9-5-7-11-17-33-51-39-27-23-35(24-28-39)45(49)53-43-31-32-44(42-22-16-15-21-41(42)43)54-46(50)36-25-29-40(30-26-36)52-34-18-12-8-6-10-14-20-38(48)4-2/h3-4,15-16,21-32H,1-2,5-14,17-20,33-34H2. The first-order valence-electron chi connectivity index (χ1n) is 19.1. The summed E-state index contributed by atoms with van der Waals surface area (Å²) >= 11 is 0. The van der Waals surface area contributed by atoms with Crippen molar-refractivity contribution in [2.75, 3.05) is 13.2 Å². The molecule has 4 aromatic rings. The van der Waals surface area contributed by atoms with E-state index in [2.05, 4.69) is 13.2 Å². The monoisotopic (exact) mass is 732 g/mol. The van der Waals surface area contributed by atoms with Crippen molar-refractivity contribution in [1.29, 1.82) is 0 Å². The normalized spacial score (nSPS) is 10.7. The number of fused-ring (bicyclic) bond motifs is 1. The van der Waals surface area contributed by atoms with E-state index in [1.54, 1.807) is 60.7 Å². The number of carbonyl (C=O) groups excluding carboxylic acids is 4. The zero-order valence-corrected chi connectivity index (χ0v) is 31.2. The fourth-order valence-corrected chi connectivity index (χ4v) is 5.91. The number of unbranched alkanes of at least 4 members (excludes halogenated alkanes) is 10. The van der Waals surface area contributed by atoms with E-state index < -0.39 is 11.9 Å².